The lowest BCUT2D eigenvalue weighted by Crippen LogP contribution is -2.40. The molecule has 0 radical (unpaired) electrons. The first kappa shape index (κ1) is 14.4. The van der Waals surface area contributed by atoms with Crippen LogP contribution >= 0.6 is 0 Å². The van der Waals surface area contributed by atoms with Crippen LogP contribution in [0.2, 0.25) is 0 Å². The minimum Gasteiger partial charge on any atom is -0.506 e. The van der Waals surface area contributed by atoms with E-state index < -0.39 is 11.7 Å². The summed E-state index contributed by atoms with van der Waals surface area (Å²) < 4.78 is 0. The van der Waals surface area contributed by atoms with Gasteiger partial charge in [-0.25, -0.2) is 0 Å². The first-order valence-electron chi connectivity index (χ1n) is 7.55. The molecule has 2 heterocycles. The molecule has 114 valence electrons. The summed E-state index contributed by atoms with van der Waals surface area (Å²) in [5, 5.41) is 31.0. The minimum absolute atomic E-state index is 0.0346. The average molecular weight is 289 g/mol. The fourth-order valence-corrected chi connectivity index (χ4v) is 3.14. The number of fused-ring (bicyclic) bond motifs is 1. The van der Waals surface area contributed by atoms with Crippen molar-refractivity contribution in [1.82, 2.24) is 4.90 Å². The molecule has 3 atom stereocenters. The lowest BCUT2D eigenvalue weighted by Gasteiger charge is -2.28. The van der Waals surface area contributed by atoms with Crippen LogP contribution < -0.4 is 0 Å². The van der Waals surface area contributed by atoms with Crippen molar-refractivity contribution in [3.63, 3.8) is 0 Å². The van der Waals surface area contributed by atoms with Crippen LogP contribution in [-0.4, -0.2) is 44.5 Å². The van der Waals surface area contributed by atoms with Gasteiger partial charge in [0.15, 0.2) is 0 Å². The van der Waals surface area contributed by atoms with Gasteiger partial charge >= 0.3 is 0 Å². The molecule has 0 bridgehead atoms. The minimum atomic E-state index is -1.43. The Labute approximate surface area is 125 Å². The Morgan fingerprint density at radius 1 is 1.43 bits per heavy atom. The zero-order chi connectivity index (χ0) is 15.2. The molecule has 2 aliphatic heterocycles. The molecule has 1 aliphatic carbocycles. The van der Waals surface area contributed by atoms with Crippen LogP contribution in [0.4, 0.5) is 0 Å². The molecule has 0 amide bonds. The molecule has 3 rings (SSSR count). The average Bonchev–Trinajstić information content (AvgIpc) is 3.22. The first-order valence-corrected chi connectivity index (χ1v) is 7.55. The van der Waals surface area contributed by atoms with Gasteiger partial charge in [-0.05, 0) is 38.7 Å². The smallest absolute Gasteiger partial charge is 0.137 e. The number of aliphatic hydroxyl groups excluding tert-OH is 2. The van der Waals surface area contributed by atoms with Gasteiger partial charge in [-0.3, -0.25) is 0 Å². The molecule has 0 spiro atoms. The van der Waals surface area contributed by atoms with Crippen molar-refractivity contribution in [2.75, 3.05) is 6.54 Å². The van der Waals surface area contributed by atoms with Gasteiger partial charge in [0, 0.05) is 6.54 Å². The summed E-state index contributed by atoms with van der Waals surface area (Å²) >= 11 is 0. The number of aliphatic hydroxyl groups is 3. The van der Waals surface area contributed by atoms with Crippen LogP contribution in [0.3, 0.4) is 0 Å². The highest BCUT2D eigenvalue weighted by Gasteiger charge is 2.52. The molecule has 0 aromatic heterocycles. The molecule has 0 aromatic carbocycles. The molecular weight excluding hydrogens is 266 g/mol. The Kier molecular flexibility index (Phi) is 3.46. The Bertz CT molecular complexity index is 552. The van der Waals surface area contributed by atoms with Gasteiger partial charge in [-0.2, -0.15) is 0 Å². The molecule has 4 nitrogen and oxygen atoms in total. The molecule has 0 aromatic rings. The van der Waals surface area contributed by atoms with Crippen molar-refractivity contribution in [2.45, 2.75) is 44.4 Å². The van der Waals surface area contributed by atoms with E-state index in [9.17, 15) is 15.3 Å². The van der Waals surface area contributed by atoms with Crippen molar-refractivity contribution in [3.05, 3.63) is 47.4 Å². The molecule has 4 heteroatoms. The highest BCUT2D eigenvalue weighted by atomic mass is 16.3. The van der Waals surface area contributed by atoms with Crippen LogP contribution in [0.5, 0.6) is 0 Å². The molecule has 1 saturated heterocycles. The lowest BCUT2D eigenvalue weighted by molar-refractivity contribution is -0.0195. The second kappa shape index (κ2) is 5.04. The van der Waals surface area contributed by atoms with Crippen LogP contribution in [0.1, 0.15) is 26.7 Å². The summed E-state index contributed by atoms with van der Waals surface area (Å²) in [5.41, 5.74) is 0.0472. The zero-order valence-corrected chi connectivity index (χ0v) is 12.5. The number of rotatable bonds is 3. The second-order valence-electron chi connectivity index (χ2n) is 6.48. The van der Waals surface area contributed by atoms with Gasteiger partial charge in [0.2, 0.25) is 0 Å². The highest BCUT2D eigenvalue weighted by Crippen LogP contribution is 2.41. The molecular formula is C17H23NO3. The van der Waals surface area contributed by atoms with Gasteiger partial charge < -0.3 is 20.2 Å². The van der Waals surface area contributed by atoms with Crippen LogP contribution in [-0.2, 0) is 0 Å². The highest BCUT2D eigenvalue weighted by molar-refractivity contribution is 5.39. The van der Waals surface area contributed by atoms with E-state index in [1.165, 1.54) is 12.8 Å². The number of allylic oxidation sites excluding steroid dienone is 4. The Morgan fingerprint density at radius 3 is 2.81 bits per heavy atom. The largest absolute Gasteiger partial charge is 0.506 e. The molecule has 3 unspecified atom stereocenters. The number of hydrogen-bond acceptors (Lipinski definition) is 4. The third kappa shape index (κ3) is 2.54. The van der Waals surface area contributed by atoms with Crippen molar-refractivity contribution < 1.29 is 15.3 Å². The van der Waals surface area contributed by atoms with Crippen molar-refractivity contribution in [2.24, 2.45) is 5.92 Å². The monoisotopic (exact) mass is 289 g/mol. The molecule has 21 heavy (non-hydrogen) atoms. The standard InChI is InChI=1S/C17H23NO3/c1-11(5-6-12-7-8-12)10-13-16(20)17(2,21)15-14(19)4-3-9-18(13)15/h3-6,10,12-13,16,19-21H,7-9H2,1-2H3. The normalized spacial score (nSPS) is 36.8. The van der Waals surface area contributed by atoms with Gasteiger partial charge in [-0.15, -0.1) is 0 Å². The van der Waals surface area contributed by atoms with E-state index in [1.54, 1.807) is 13.0 Å². The maximum Gasteiger partial charge on any atom is 0.137 e. The van der Waals surface area contributed by atoms with E-state index in [-0.39, 0.29) is 11.8 Å². The van der Waals surface area contributed by atoms with Crippen molar-refractivity contribution in [1.29, 1.82) is 0 Å². The number of nitrogens with zero attached hydrogens (tertiary/aromatic N) is 1. The predicted octanol–water partition coefficient (Wildman–Crippen LogP) is 2.03. The van der Waals surface area contributed by atoms with E-state index in [0.717, 1.165) is 5.57 Å². The Morgan fingerprint density at radius 2 is 2.14 bits per heavy atom. The summed E-state index contributed by atoms with van der Waals surface area (Å²) in [5.74, 6) is 0.745. The van der Waals surface area contributed by atoms with Gasteiger partial charge in [0.25, 0.3) is 0 Å². The quantitative estimate of drug-likeness (QED) is 0.696. The van der Waals surface area contributed by atoms with Crippen LogP contribution in [0, 0.1) is 5.92 Å². The summed E-state index contributed by atoms with van der Waals surface area (Å²) in [6.45, 7) is 4.13. The van der Waals surface area contributed by atoms with Gasteiger partial charge in [-0.1, -0.05) is 29.9 Å². The Balaban J connectivity index is 1.89. The zero-order valence-electron chi connectivity index (χ0n) is 12.5. The van der Waals surface area contributed by atoms with E-state index in [1.807, 2.05) is 24.0 Å². The topological polar surface area (TPSA) is 63.9 Å². The molecule has 3 aliphatic rings. The maximum atomic E-state index is 10.5. The Hall–Kier alpha value is -1.52. The summed E-state index contributed by atoms with van der Waals surface area (Å²) in [7, 11) is 0. The maximum absolute atomic E-state index is 10.5. The van der Waals surface area contributed by atoms with Crippen LogP contribution in [0.15, 0.2) is 47.4 Å². The fourth-order valence-electron chi connectivity index (χ4n) is 3.14. The fraction of sp³-hybridized carbons (Fsp3) is 0.529. The number of hydrogen-bond donors (Lipinski definition) is 3. The SMILES string of the molecule is CC(C=CC1CC1)=CC1C(O)C(C)(O)C2=C(O)C=CCN21. The summed E-state index contributed by atoms with van der Waals surface area (Å²) in [4.78, 5) is 1.87. The van der Waals surface area contributed by atoms with Crippen LogP contribution in [0.25, 0.3) is 0 Å². The summed E-state index contributed by atoms with van der Waals surface area (Å²) in [6.07, 6.45) is 11.2. The molecule has 3 N–H and O–H groups in total. The van der Waals surface area contributed by atoms with Crippen molar-refractivity contribution in [3.8, 4) is 0 Å². The molecule has 2 fully saturated rings. The predicted molar refractivity (Wildman–Crippen MR) is 81.5 cm³/mol. The first-order chi connectivity index (χ1) is 9.91. The van der Waals surface area contributed by atoms with Gasteiger partial charge in [0.1, 0.15) is 17.5 Å². The van der Waals surface area contributed by atoms with E-state index in [0.29, 0.717) is 18.2 Å². The third-order valence-electron chi connectivity index (χ3n) is 4.53. The van der Waals surface area contributed by atoms with Gasteiger partial charge in [0.05, 0.1) is 11.7 Å². The third-order valence-corrected chi connectivity index (χ3v) is 4.53. The van der Waals surface area contributed by atoms with E-state index >= 15 is 0 Å². The summed E-state index contributed by atoms with van der Waals surface area (Å²) in [6, 6.07) is -0.328. The van der Waals surface area contributed by atoms with E-state index in [4.69, 9.17) is 0 Å². The molecule has 1 saturated carbocycles. The second-order valence-corrected chi connectivity index (χ2v) is 6.48. The van der Waals surface area contributed by atoms with E-state index in [2.05, 4.69) is 12.2 Å². The van der Waals surface area contributed by atoms with Crippen molar-refractivity contribution >= 4 is 0 Å². The lowest BCUT2D eigenvalue weighted by atomic mass is 9.94.